The highest BCUT2D eigenvalue weighted by Gasteiger charge is 2.16. The Balaban J connectivity index is 1.83. The molecule has 0 aliphatic rings. The Morgan fingerprint density at radius 1 is 1.10 bits per heavy atom. The van der Waals surface area contributed by atoms with E-state index in [1.807, 2.05) is 36.4 Å². The fraction of sp³-hybridized carbons (Fsp3) is 0.391. The van der Waals surface area contributed by atoms with Crippen LogP contribution in [-0.4, -0.2) is 54.2 Å². The van der Waals surface area contributed by atoms with E-state index in [4.69, 9.17) is 9.47 Å². The number of likely N-dealkylation sites (N-methyl/N-ethyl adjacent to an activating group) is 1. The lowest BCUT2D eigenvalue weighted by Crippen LogP contribution is -2.28. The van der Waals surface area contributed by atoms with Crippen molar-refractivity contribution in [3.05, 3.63) is 48.0 Å². The predicted molar refractivity (Wildman–Crippen MR) is 119 cm³/mol. The van der Waals surface area contributed by atoms with Crippen molar-refractivity contribution in [1.29, 1.82) is 0 Å². The fourth-order valence-corrected chi connectivity index (χ4v) is 3.54. The Morgan fingerprint density at radius 3 is 2.57 bits per heavy atom. The molecule has 0 aliphatic heterocycles. The molecule has 1 amide bonds. The van der Waals surface area contributed by atoms with E-state index in [0.29, 0.717) is 17.4 Å². The van der Waals surface area contributed by atoms with Crippen molar-refractivity contribution in [2.24, 2.45) is 0 Å². The van der Waals surface area contributed by atoms with E-state index in [2.05, 4.69) is 33.6 Å². The zero-order valence-corrected chi connectivity index (χ0v) is 18.1. The molecule has 0 saturated heterocycles. The van der Waals surface area contributed by atoms with Crippen LogP contribution < -0.4 is 14.8 Å². The second-order valence-corrected chi connectivity index (χ2v) is 7.01. The molecule has 160 valence electrons. The van der Waals surface area contributed by atoms with Crippen molar-refractivity contribution >= 4 is 22.9 Å². The summed E-state index contributed by atoms with van der Waals surface area (Å²) in [4.78, 5) is 19.9. The van der Waals surface area contributed by atoms with Gasteiger partial charge in [0.1, 0.15) is 11.5 Å². The quantitative estimate of drug-likeness (QED) is 0.553. The lowest BCUT2D eigenvalue weighted by Gasteiger charge is -2.19. The Bertz CT molecular complexity index is 995. The third kappa shape index (κ3) is 4.91. The number of ether oxygens (including phenoxy) is 2. The molecule has 0 saturated carbocycles. The number of rotatable bonds is 10. The number of methoxy groups -OCH3 is 2. The van der Waals surface area contributed by atoms with Crippen molar-refractivity contribution in [1.82, 2.24) is 14.5 Å². The maximum atomic E-state index is 12.9. The van der Waals surface area contributed by atoms with Gasteiger partial charge in [0.15, 0.2) is 0 Å². The number of anilines is 1. The first-order valence-corrected chi connectivity index (χ1v) is 10.3. The van der Waals surface area contributed by atoms with Crippen molar-refractivity contribution in [3.8, 4) is 11.5 Å². The molecule has 1 N–H and O–H groups in total. The van der Waals surface area contributed by atoms with Gasteiger partial charge in [-0.3, -0.25) is 10.1 Å². The molecule has 0 bridgehead atoms. The number of nitrogens with one attached hydrogen (secondary N) is 1. The Hall–Kier alpha value is -3.06. The number of carbonyl (C=O) groups excluding carboxylic acids is 1. The lowest BCUT2D eigenvalue weighted by atomic mass is 10.1. The molecule has 3 aromatic rings. The van der Waals surface area contributed by atoms with Crippen molar-refractivity contribution in [2.75, 3.05) is 39.2 Å². The normalized spacial score (nSPS) is 11.1. The van der Waals surface area contributed by atoms with Crippen LogP contribution in [0.5, 0.6) is 11.5 Å². The smallest absolute Gasteiger partial charge is 0.231 e. The van der Waals surface area contributed by atoms with Gasteiger partial charge in [0.25, 0.3) is 0 Å². The summed E-state index contributed by atoms with van der Waals surface area (Å²) in [6.07, 6.45) is 0.166. The number of fused-ring (bicyclic) bond motifs is 1. The summed E-state index contributed by atoms with van der Waals surface area (Å²) in [6.45, 7) is 7.92. The van der Waals surface area contributed by atoms with Crippen molar-refractivity contribution in [2.45, 2.75) is 26.8 Å². The molecular weight excluding hydrogens is 380 g/mol. The predicted octanol–water partition coefficient (Wildman–Crippen LogP) is 3.58. The number of benzene rings is 2. The van der Waals surface area contributed by atoms with Crippen molar-refractivity contribution < 1.29 is 14.3 Å². The van der Waals surface area contributed by atoms with Gasteiger partial charge in [-0.05, 0) is 43.4 Å². The third-order valence-corrected chi connectivity index (χ3v) is 5.28. The monoisotopic (exact) mass is 410 g/mol. The van der Waals surface area contributed by atoms with Gasteiger partial charge in [-0.2, -0.15) is 0 Å². The SMILES string of the molecule is CCN(CC)CCn1c(NC(=O)Cc2cc(OC)ccc2OC)nc2ccccc21. The summed E-state index contributed by atoms with van der Waals surface area (Å²) >= 11 is 0. The molecule has 7 nitrogen and oxygen atoms in total. The first kappa shape index (κ1) is 21.6. The molecule has 0 atom stereocenters. The minimum Gasteiger partial charge on any atom is -0.497 e. The largest absolute Gasteiger partial charge is 0.497 e. The van der Waals surface area contributed by atoms with Crippen LogP contribution in [0.3, 0.4) is 0 Å². The molecule has 30 heavy (non-hydrogen) atoms. The number of carbonyl (C=O) groups is 1. The molecule has 1 heterocycles. The maximum Gasteiger partial charge on any atom is 0.231 e. The number of para-hydroxylation sites is 2. The minimum absolute atomic E-state index is 0.152. The molecule has 3 rings (SSSR count). The molecular formula is C23H30N4O3. The Kier molecular flexibility index (Phi) is 7.30. The van der Waals surface area contributed by atoms with E-state index in [9.17, 15) is 4.79 Å². The zero-order valence-electron chi connectivity index (χ0n) is 18.1. The highest BCUT2D eigenvalue weighted by molar-refractivity contribution is 5.93. The maximum absolute atomic E-state index is 12.9. The molecule has 2 aromatic carbocycles. The molecule has 0 aliphatic carbocycles. The molecule has 7 heteroatoms. The van der Waals surface area contributed by atoms with E-state index < -0.39 is 0 Å². The van der Waals surface area contributed by atoms with E-state index in [0.717, 1.165) is 42.8 Å². The Morgan fingerprint density at radius 2 is 1.87 bits per heavy atom. The fourth-order valence-electron chi connectivity index (χ4n) is 3.54. The number of amides is 1. The summed E-state index contributed by atoms with van der Waals surface area (Å²) in [6, 6.07) is 13.4. The molecule has 0 fully saturated rings. The number of imidazole rings is 1. The van der Waals surface area contributed by atoms with Gasteiger partial charge in [0.05, 0.1) is 31.7 Å². The van der Waals surface area contributed by atoms with Crippen LogP contribution in [-0.2, 0) is 17.8 Å². The van der Waals surface area contributed by atoms with E-state index in [-0.39, 0.29) is 12.3 Å². The highest BCUT2D eigenvalue weighted by atomic mass is 16.5. The van der Waals surface area contributed by atoms with E-state index >= 15 is 0 Å². The summed E-state index contributed by atoms with van der Waals surface area (Å²) in [5.41, 5.74) is 2.64. The zero-order chi connectivity index (χ0) is 21.5. The van der Waals surface area contributed by atoms with Crippen LogP contribution in [0.1, 0.15) is 19.4 Å². The van der Waals surface area contributed by atoms with Gasteiger partial charge in [0, 0.05) is 18.7 Å². The van der Waals surface area contributed by atoms with E-state index in [1.54, 1.807) is 20.3 Å². The lowest BCUT2D eigenvalue weighted by molar-refractivity contribution is -0.115. The average molecular weight is 411 g/mol. The highest BCUT2D eigenvalue weighted by Crippen LogP contribution is 2.25. The summed E-state index contributed by atoms with van der Waals surface area (Å²) < 4.78 is 12.8. The van der Waals surface area contributed by atoms with Crippen LogP contribution >= 0.6 is 0 Å². The van der Waals surface area contributed by atoms with Crippen LogP contribution in [0.15, 0.2) is 42.5 Å². The van der Waals surface area contributed by atoms with Crippen molar-refractivity contribution in [3.63, 3.8) is 0 Å². The van der Waals surface area contributed by atoms with Gasteiger partial charge in [-0.25, -0.2) is 4.98 Å². The van der Waals surface area contributed by atoms with Crippen LogP contribution in [0.25, 0.3) is 11.0 Å². The number of aromatic nitrogens is 2. The third-order valence-electron chi connectivity index (χ3n) is 5.28. The topological polar surface area (TPSA) is 68.6 Å². The standard InChI is InChI=1S/C23H30N4O3/c1-5-26(6-2)13-14-27-20-10-8-7-9-19(20)24-23(27)25-22(28)16-17-15-18(29-3)11-12-21(17)30-4/h7-12,15H,5-6,13-14,16H2,1-4H3,(H,24,25,28). The Labute approximate surface area is 177 Å². The summed E-state index contributed by atoms with van der Waals surface area (Å²) in [5.74, 6) is 1.75. The van der Waals surface area contributed by atoms with Gasteiger partial charge in [0.2, 0.25) is 11.9 Å². The second kappa shape index (κ2) is 10.1. The van der Waals surface area contributed by atoms with Crippen LogP contribution in [0.2, 0.25) is 0 Å². The van der Waals surface area contributed by atoms with Crippen LogP contribution in [0.4, 0.5) is 5.95 Å². The minimum atomic E-state index is -0.152. The van der Waals surface area contributed by atoms with Gasteiger partial charge >= 0.3 is 0 Å². The average Bonchev–Trinajstić information content (AvgIpc) is 3.11. The molecule has 0 unspecified atom stereocenters. The summed E-state index contributed by atoms with van der Waals surface area (Å²) in [7, 11) is 3.19. The molecule has 0 radical (unpaired) electrons. The first-order chi connectivity index (χ1) is 14.6. The molecule has 1 aromatic heterocycles. The van der Waals surface area contributed by atoms with E-state index in [1.165, 1.54) is 0 Å². The number of hydrogen-bond donors (Lipinski definition) is 1. The van der Waals surface area contributed by atoms with Gasteiger partial charge in [-0.1, -0.05) is 26.0 Å². The first-order valence-electron chi connectivity index (χ1n) is 10.3. The molecule has 0 spiro atoms. The van der Waals surface area contributed by atoms with Crippen LogP contribution in [0, 0.1) is 0 Å². The summed E-state index contributed by atoms with van der Waals surface area (Å²) in [5, 5.41) is 3.00. The van der Waals surface area contributed by atoms with Gasteiger partial charge in [-0.15, -0.1) is 0 Å². The number of nitrogens with zero attached hydrogens (tertiary/aromatic N) is 3. The van der Waals surface area contributed by atoms with Gasteiger partial charge < -0.3 is 18.9 Å². The second-order valence-electron chi connectivity index (χ2n) is 7.01. The number of hydrogen-bond acceptors (Lipinski definition) is 5.